The number of nitrogens with one attached hydrogen (secondary N) is 2. The van der Waals surface area contributed by atoms with Gasteiger partial charge in [-0.15, -0.1) is 0 Å². The molecule has 5 heteroatoms. The highest BCUT2D eigenvalue weighted by atomic mass is 16.5. The minimum Gasteiger partial charge on any atom is -0.497 e. The minimum absolute atomic E-state index is 0.00605. The van der Waals surface area contributed by atoms with Crippen LogP contribution in [0.15, 0.2) is 18.2 Å². The van der Waals surface area contributed by atoms with Crippen molar-refractivity contribution in [1.29, 1.82) is 0 Å². The molecule has 112 valence electrons. The van der Waals surface area contributed by atoms with Crippen molar-refractivity contribution in [3.05, 3.63) is 23.8 Å². The van der Waals surface area contributed by atoms with Crippen molar-refractivity contribution < 1.29 is 14.3 Å². The Bertz CT molecular complexity index is 449. The van der Waals surface area contributed by atoms with Gasteiger partial charge in [0.25, 0.3) is 0 Å². The van der Waals surface area contributed by atoms with E-state index in [0.717, 1.165) is 17.1 Å². The number of carbonyl (C=O) groups excluding carboxylic acids is 1. The fourth-order valence-electron chi connectivity index (χ4n) is 2.04. The predicted octanol–water partition coefficient (Wildman–Crippen LogP) is 1.88. The second kappa shape index (κ2) is 7.75. The molecule has 0 spiro atoms. The molecule has 0 radical (unpaired) electrons. The molecule has 0 aromatic heterocycles. The third-order valence-electron chi connectivity index (χ3n) is 3.15. The van der Waals surface area contributed by atoms with Gasteiger partial charge < -0.3 is 14.8 Å². The molecular formula is C15H24N2O3. The second-order valence-corrected chi connectivity index (χ2v) is 4.61. The molecule has 1 aromatic rings. The molecule has 0 fully saturated rings. The lowest BCUT2D eigenvalue weighted by atomic mass is 10.1. The number of methoxy groups -OCH3 is 2. The largest absolute Gasteiger partial charge is 0.497 e. The molecule has 1 rings (SSSR count). The van der Waals surface area contributed by atoms with E-state index in [0.29, 0.717) is 6.54 Å². The van der Waals surface area contributed by atoms with Crippen LogP contribution in [0.1, 0.15) is 32.4 Å². The molecule has 0 aliphatic carbocycles. The quantitative estimate of drug-likeness (QED) is 0.800. The van der Waals surface area contributed by atoms with Crippen molar-refractivity contribution in [2.24, 2.45) is 0 Å². The number of benzene rings is 1. The van der Waals surface area contributed by atoms with E-state index in [2.05, 4.69) is 10.6 Å². The van der Waals surface area contributed by atoms with Gasteiger partial charge in [-0.3, -0.25) is 10.1 Å². The SMILES string of the molecule is CCNC(=O)C(C)NC(C)c1ccc(OC)cc1OC. The molecule has 2 atom stereocenters. The first-order valence-electron chi connectivity index (χ1n) is 6.79. The number of amides is 1. The number of likely N-dealkylation sites (N-methyl/N-ethyl adjacent to an activating group) is 1. The number of hydrogen-bond acceptors (Lipinski definition) is 4. The van der Waals surface area contributed by atoms with Crippen LogP contribution < -0.4 is 20.1 Å². The summed E-state index contributed by atoms with van der Waals surface area (Å²) in [6.07, 6.45) is 0. The van der Waals surface area contributed by atoms with Crippen molar-refractivity contribution in [3.63, 3.8) is 0 Å². The van der Waals surface area contributed by atoms with Crippen LogP contribution in [0.4, 0.5) is 0 Å². The number of ether oxygens (including phenoxy) is 2. The van der Waals surface area contributed by atoms with Crippen LogP contribution in [0.25, 0.3) is 0 Å². The van der Waals surface area contributed by atoms with Gasteiger partial charge in [0, 0.05) is 24.2 Å². The van der Waals surface area contributed by atoms with E-state index in [1.165, 1.54) is 0 Å². The molecule has 2 unspecified atom stereocenters. The second-order valence-electron chi connectivity index (χ2n) is 4.61. The first-order chi connectivity index (χ1) is 9.53. The van der Waals surface area contributed by atoms with E-state index in [9.17, 15) is 4.79 Å². The lowest BCUT2D eigenvalue weighted by molar-refractivity contribution is -0.122. The van der Waals surface area contributed by atoms with E-state index in [-0.39, 0.29) is 18.0 Å². The summed E-state index contributed by atoms with van der Waals surface area (Å²) < 4.78 is 10.6. The molecule has 2 N–H and O–H groups in total. The summed E-state index contributed by atoms with van der Waals surface area (Å²) in [6.45, 7) is 6.38. The standard InChI is InChI=1S/C15H24N2O3/c1-6-16-15(18)11(3)17-10(2)13-8-7-12(19-4)9-14(13)20-5/h7-11,17H,6H2,1-5H3,(H,16,18). The summed E-state index contributed by atoms with van der Waals surface area (Å²) in [6, 6.07) is 5.39. The van der Waals surface area contributed by atoms with Crippen LogP contribution >= 0.6 is 0 Å². The molecule has 0 heterocycles. The fourth-order valence-corrected chi connectivity index (χ4v) is 2.04. The summed E-state index contributed by atoms with van der Waals surface area (Å²) in [5.74, 6) is 1.48. The zero-order valence-electron chi connectivity index (χ0n) is 12.8. The Balaban J connectivity index is 2.81. The van der Waals surface area contributed by atoms with Crippen LogP contribution in [0.5, 0.6) is 11.5 Å². The van der Waals surface area contributed by atoms with Crippen LogP contribution in [0.3, 0.4) is 0 Å². The van der Waals surface area contributed by atoms with Crippen LogP contribution in [-0.4, -0.2) is 32.7 Å². The van der Waals surface area contributed by atoms with Crippen LogP contribution in [0, 0.1) is 0 Å². The number of rotatable bonds is 7. The van der Waals surface area contributed by atoms with E-state index < -0.39 is 0 Å². The minimum atomic E-state index is -0.267. The van der Waals surface area contributed by atoms with Crippen molar-refractivity contribution in [2.75, 3.05) is 20.8 Å². The normalized spacial score (nSPS) is 13.4. The zero-order valence-corrected chi connectivity index (χ0v) is 12.8. The Hall–Kier alpha value is -1.75. The number of carbonyl (C=O) groups is 1. The monoisotopic (exact) mass is 280 g/mol. The maximum atomic E-state index is 11.7. The average molecular weight is 280 g/mol. The topological polar surface area (TPSA) is 59.6 Å². The Kier molecular flexibility index (Phi) is 6.31. The molecule has 0 saturated carbocycles. The van der Waals surface area contributed by atoms with Gasteiger partial charge in [0.15, 0.2) is 0 Å². The Labute approximate surface area is 120 Å². The zero-order chi connectivity index (χ0) is 15.1. The van der Waals surface area contributed by atoms with Gasteiger partial charge in [-0.25, -0.2) is 0 Å². The van der Waals surface area contributed by atoms with Gasteiger partial charge in [-0.2, -0.15) is 0 Å². The Morgan fingerprint density at radius 3 is 2.50 bits per heavy atom. The van der Waals surface area contributed by atoms with E-state index in [1.807, 2.05) is 39.0 Å². The first-order valence-corrected chi connectivity index (χ1v) is 6.79. The van der Waals surface area contributed by atoms with Crippen LogP contribution in [0.2, 0.25) is 0 Å². The third kappa shape index (κ3) is 4.13. The predicted molar refractivity (Wildman–Crippen MR) is 79.2 cm³/mol. The van der Waals surface area contributed by atoms with Crippen molar-refractivity contribution in [1.82, 2.24) is 10.6 Å². The van der Waals surface area contributed by atoms with Crippen molar-refractivity contribution in [2.45, 2.75) is 32.9 Å². The Morgan fingerprint density at radius 2 is 1.95 bits per heavy atom. The lowest BCUT2D eigenvalue weighted by Gasteiger charge is -2.21. The van der Waals surface area contributed by atoms with Gasteiger partial charge in [0.2, 0.25) is 5.91 Å². The van der Waals surface area contributed by atoms with E-state index in [1.54, 1.807) is 14.2 Å². The summed E-state index contributed by atoms with van der Waals surface area (Å²) >= 11 is 0. The summed E-state index contributed by atoms with van der Waals surface area (Å²) in [7, 11) is 3.24. The molecule has 0 saturated heterocycles. The smallest absolute Gasteiger partial charge is 0.236 e. The highest BCUT2D eigenvalue weighted by Gasteiger charge is 2.18. The summed E-state index contributed by atoms with van der Waals surface area (Å²) in [5.41, 5.74) is 0.990. The number of hydrogen-bond donors (Lipinski definition) is 2. The van der Waals surface area contributed by atoms with E-state index >= 15 is 0 Å². The van der Waals surface area contributed by atoms with Gasteiger partial charge in [0.1, 0.15) is 11.5 Å². The van der Waals surface area contributed by atoms with Crippen molar-refractivity contribution in [3.8, 4) is 11.5 Å². The molecule has 0 aliphatic rings. The highest BCUT2D eigenvalue weighted by Crippen LogP contribution is 2.29. The molecule has 20 heavy (non-hydrogen) atoms. The fraction of sp³-hybridized carbons (Fsp3) is 0.533. The average Bonchev–Trinajstić information content (AvgIpc) is 2.46. The molecule has 5 nitrogen and oxygen atoms in total. The first kappa shape index (κ1) is 16.3. The maximum absolute atomic E-state index is 11.7. The van der Waals surface area contributed by atoms with Crippen LogP contribution in [-0.2, 0) is 4.79 Å². The molecular weight excluding hydrogens is 256 g/mol. The molecule has 0 bridgehead atoms. The lowest BCUT2D eigenvalue weighted by Crippen LogP contribution is -2.43. The van der Waals surface area contributed by atoms with Gasteiger partial charge >= 0.3 is 0 Å². The molecule has 1 amide bonds. The summed E-state index contributed by atoms with van der Waals surface area (Å²) in [4.78, 5) is 11.7. The van der Waals surface area contributed by atoms with Gasteiger partial charge in [-0.05, 0) is 26.8 Å². The van der Waals surface area contributed by atoms with Crippen molar-refractivity contribution >= 4 is 5.91 Å². The highest BCUT2D eigenvalue weighted by molar-refractivity contribution is 5.81. The molecule has 0 aliphatic heterocycles. The summed E-state index contributed by atoms with van der Waals surface area (Å²) in [5, 5.41) is 6.06. The molecule has 1 aromatic carbocycles. The Morgan fingerprint density at radius 1 is 1.25 bits per heavy atom. The third-order valence-corrected chi connectivity index (χ3v) is 3.15. The van der Waals surface area contributed by atoms with Gasteiger partial charge in [0.05, 0.1) is 20.3 Å². The van der Waals surface area contributed by atoms with E-state index in [4.69, 9.17) is 9.47 Å². The van der Waals surface area contributed by atoms with Gasteiger partial charge in [-0.1, -0.05) is 6.07 Å². The maximum Gasteiger partial charge on any atom is 0.236 e.